The fourth-order valence-electron chi connectivity index (χ4n) is 4.70. The Bertz CT molecular complexity index is 789. The van der Waals surface area contributed by atoms with Crippen LogP contribution in [0.25, 0.3) is 11.1 Å². The van der Waals surface area contributed by atoms with Gasteiger partial charge in [0.05, 0.1) is 13.2 Å². The highest BCUT2D eigenvalue weighted by Crippen LogP contribution is 2.32. The first-order valence-electron chi connectivity index (χ1n) is 12.3. The van der Waals surface area contributed by atoms with E-state index in [-0.39, 0.29) is 0 Å². The smallest absolute Gasteiger partial charge is 0.0721 e. The molecule has 0 aliphatic heterocycles. The van der Waals surface area contributed by atoms with Crippen LogP contribution in [-0.2, 0) is 17.8 Å². The summed E-state index contributed by atoms with van der Waals surface area (Å²) in [6.45, 7) is 5.51. The third-order valence-electron chi connectivity index (χ3n) is 6.64. The Hall–Kier alpha value is -2.12. The predicted octanol–water partition coefficient (Wildman–Crippen LogP) is 8.54. The molecule has 0 radical (unpaired) electrons. The summed E-state index contributed by atoms with van der Waals surface area (Å²) in [4.78, 5) is 0. The number of rotatable bonds is 11. The normalized spacial score (nSPS) is 19.4. The Kier molecular flexibility index (Phi) is 10.1. The van der Waals surface area contributed by atoms with Gasteiger partial charge in [-0.2, -0.15) is 0 Å². The van der Waals surface area contributed by atoms with Gasteiger partial charge in [0.15, 0.2) is 0 Å². The summed E-state index contributed by atoms with van der Waals surface area (Å²) in [5.74, 6) is 1.83. The summed E-state index contributed by atoms with van der Waals surface area (Å²) >= 11 is 0. The first-order valence-corrected chi connectivity index (χ1v) is 12.3. The minimum Gasteiger partial charge on any atom is -0.373 e. The molecular formula is C30H40O. The van der Waals surface area contributed by atoms with Crippen LogP contribution in [0, 0.1) is 11.8 Å². The third-order valence-corrected chi connectivity index (χ3v) is 6.64. The molecule has 1 aliphatic rings. The summed E-state index contributed by atoms with van der Waals surface area (Å²) < 4.78 is 5.63. The van der Waals surface area contributed by atoms with Gasteiger partial charge in [-0.3, -0.25) is 0 Å². The van der Waals surface area contributed by atoms with Crippen molar-refractivity contribution < 1.29 is 4.74 Å². The summed E-state index contributed by atoms with van der Waals surface area (Å²) in [7, 11) is 0. The molecule has 0 saturated heterocycles. The van der Waals surface area contributed by atoms with Gasteiger partial charge in [0.25, 0.3) is 0 Å². The van der Waals surface area contributed by atoms with Gasteiger partial charge >= 0.3 is 0 Å². The molecule has 0 spiro atoms. The molecule has 0 bridgehead atoms. The minimum atomic E-state index is 0.667. The quantitative estimate of drug-likeness (QED) is 0.263. The van der Waals surface area contributed by atoms with E-state index >= 15 is 0 Å². The van der Waals surface area contributed by atoms with Crippen LogP contribution < -0.4 is 0 Å². The second-order valence-electron chi connectivity index (χ2n) is 9.03. The summed E-state index contributed by atoms with van der Waals surface area (Å²) in [6.07, 6.45) is 19.7. The van der Waals surface area contributed by atoms with E-state index in [1.54, 1.807) is 0 Å². The molecule has 0 heterocycles. The second kappa shape index (κ2) is 13.3. The number of unbranched alkanes of at least 4 members (excludes halogenated alkanes) is 1. The van der Waals surface area contributed by atoms with Gasteiger partial charge in [-0.15, -0.1) is 0 Å². The number of hydrogen-bond acceptors (Lipinski definition) is 1. The molecule has 1 fully saturated rings. The number of aryl methyl sites for hydroxylation is 1. The molecule has 31 heavy (non-hydrogen) atoms. The van der Waals surface area contributed by atoms with Crippen molar-refractivity contribution >= 4 is 0 Å². The number of benzene rings is 2. The molecule has 1 heteroatoms. The fourth-order valence-corrected chi connectivity index (χ4v) is 4.70. The Labute approximate surface area is 190 Å². The van der Waals surface area contributed by atoms with E-state index in [1.165, 1.54) is 73.6 Å². The molecule has 0 N–H and O–H groups in total. The van der Waals surface area contributed by atoms with Crippen molar-refractivity contribution in [3.8, 4) is 11.1 Å². The van der Waals surface area contributed by atoms with Gasteiger partial charge in [-0.1, -0.05) is 85.7 Å². The van der Waals surface area contributed by atoms with Crippen molar-refractivity contribution in [1.82, 2.24) is 0 Å². The van der Waals surface area contributed by atoms with E-state index in [0.717, 1.165) is 11.8 Å². The highest BCUT2D eigenvalue weighted by atomic mass is 16.5. The molecule has 166 valence electrons. The topological polar surface area (TPSA) is 9.23 Å². The van der Waals surface area contributed by atoms with E-state index in [4.69, 9.17) is 4.74 Å². The molecule has 0 unspecified atom stereocenters. The van der Waals surface area contributed by atoms with Gasteiger partial charge in [-0.05, 0) is 86.5 Å². The predicted molar refractivity (Wildman–Crippen MR) is 134 cm³/mol. The standard InChI is InChI=1S/C30H40O/c1-3-5-23-31-24-28-17-21-30(22-18-28)29-19-15-27(16-20-29)10-7-6-9-26-13-11-25(8-4-2)12-14-26/h3-5,8,15-22,25-26H,6-7,9-14,23-24H2,1-2H3/b5-3?,8-4+. The fraction of sp³-hybridized carbons (Fsp3) is 0.467. The first-order chi connectivity index (χ1) is 15.3. The van der Waals surface area contributed by atoms with E-state index in [9.17, 15) is 0 Å². The average molecular weight is 417 g/mol. The molecule has 2 aromatic rings. The van der Waals surface area contributed by atoms with Crippen molar-refractivity contribution in [3.63, 3.8) is 0 Å². The number of hydrogen-bond donors (Lipinski definition) is 0. The van der Waals surface area contributed by atoms with Gasteiger partial charge < -0.3 is 4.74 Å². The van der Waals surface area contributed by atoms with Crippen LogP contribution in [0.15, 0.2) is 72.8 Å². The SMILES string of the molecule is CC=CCOCc1ccc(-c2ccc(CCCCC3CCC(/C=C/C)CC3)cc2)cc1. The molecule has 0 aromatic heterocycles. The zero-order valence-electron chi connectivity index (χ0n) is 19.6. The lowest BCUT2D eigenvalue weighted by Gasteiger charge is -2.26. The monoisotopic (exact) mass is 416 g/mol. The Morgan fingerprint density at radius 3 is 2.03 bits per heavy atom. The molecule has 1 saturated carbocycles. The highest BCUT2D eigenvalue weighted by molar-refractivity contribution is 5.63. The van der Waals surface area contributed by atoms with E-state index in [2.05, 4.69) is 67.6 Å². The van der Waals surface area contributed by atoms with Gasteiger partial charge in [0, 0.05) is 0 Å². The van der Waals surface area contributed by atoms with Crippen molar-refractivity contribution in [1.29, 1.82) is 0 Å². The molecule has 0 amide bonds. The third kappa shape index (κ3) is 8.15. The largest absolute Gasteiger partial charge is 0.373 e. The maximum Gasteiger partial charge on any atom is 0.0721 e. The van der Waals surface area contributed by atoms with Gasteiger partial charge in [0.2, 0.25) is 0 Å². The summed E-state index contributed by atoms with van der Waals surface area (Å²) in [5.41, 5.74) is 5.26. The second-order valence-corrected chi connectivity index (χ2v) is 9.03. The lowest BCUT2D eigenvalue weighted by atomic mass is 9.79. The zero-order valence-corrected chi connectivity index (χ0v) is 19.6. The van der Waals surface area contributed by atoms with Crippen LogP contribution in [0.2, 0.25) is 0 Å². The summed E-state index contributed by atoms with van der Waals surface area (Å²) in [5, 5.41) is 0. The van der Waals surface area contributed by atoms with Crippen LogP contribution in [0.5, 0.6) is 0 Å². The van der Waals surface area contributed by atoms with Crippen molar-refractivity contribution in [2.45, 2.75) is 71.8 Å². The van der Waals surface area contributed by atoms with Crippen LogP contribution in [0.3, 0.4) is 0 Å². The average Bonchev–Trinajstić information content (AvgIpc) is 2.82. The van der Waals surface area contributed by atoms with Gasteiger partial charge in [0.1, 0.15) is 0 Å². The Balaban J connectivity index is 1.37. The van der Waals surface area contributed by atoms with Crippen molar-refractivity contribution in [3.05, 3.63) is 84.0 Å². The number of allylic oxidation sites excluding steroid dienone is 3. The molecule has 2 aromatic carbocycles. The highest BCUT2D eigenvalue weighted by Gasteiger charge is 2.18. The first kappa shape index (κ1) is 23.5. The number of ether oxygens (including phenoxy) is 1. The molecule has 3 rings (SSSR count). The van der Waals surface area contributed by atoms with Crippen molar-refractivity contribution in [2.75, 3.05) is 6.61 Å². The lowest BCUT2D eigenvalue weighted by molar-refractivity contribution is 0.148. The maximum absolute atomic E-state index is 5.63. The van der Waals surface area contributed by atoms with E-state index in [0.29, 0.717) is 13.2 Å². The van der Waals surface area contributed by atoms with Crippen LogP contribution in [0.4, 0.5) is 0 Å². The molecule has 1 nitrogen and oxygen atoms in total. The molecule has 0 atom stereocenters. The van der Waals surface area contributed by atoms with E-state index in [1.807, 2.05) is 19.1 Å². The van der Waals surface area contributed by atoms with E-state index < -0.39 is 0 Å². The van der Waals surface area contributed by atoms with Crippen LogP contribution in [-0.4, -0.2) is 6.61 Å². The zero-order chi connectivity index (χ0) is 21.7. The Morgan fingerprint density at radius 2 is 1.42 bits per heavy atom. The van der Waals surface area contributed by atoms with Crippen molar-refractivity contribution in [2.24, 2.45) is 11.8 Å². The van der Waals surface area contributed by atoms with Crippen LogP contribution in [0.1, 0.15) is 69.9 Å². The summed E-state index contributed by atoms with van der Waals surface area (Å²) in [6, 6.07) is 17.9. The maximum atomic E-state index is 5.63. The Morgan fingerprint density at radius 1 is 0.774 bits per heavy atom. The minimum absolute atomic E-state index is 0.667. The molecule has 1 aliphatic carbocycles. The lowest BCUT2D eigenvalue weighted by Crippen LogP contribution is -2.13. The molecular weight excluding hydrogens is 376 g/mol. The van der Waals surface area contributed by atoms with Gasteiger partial charge in [-0.25, -0.2) is 0 Å². The van der Waals surface area contributed by atoms with Crippen LogP contribution >= 0.6 is 0 Å².